The number of hydrogen-bond donors (Lipinski definition) is 1. The molecule has 0 saturated heterocycles. The molecule has 0 saturated carbocycles. The van der Waals surface area contributed by atoms with Crippen LogP contribution in [-0.2, 0) is 11.2 Å². The minimum absolute atomic E-state index is 0.126. The van der Waals surface area contributed by atoms with E-state index in [4.69, 9.17) is 0 Å². The molecule has 0 unspecified atom stereocenters. The van der Waals surface area contributed by atoms with Crippen molar-refractivity contribution in [3.05, 3.63) is 46.3 Å². The van der Waals surface area contributed by atoms with E-state index in [1.165, 1.54) is 35.9 Å². The van der Waals surface area contributed by atoms with E-state index in [0.29, 0.717) is 0 Å². The second-order valence-corrected chi connectivity index (χ2v) is 7.99. The van der Waals surface area contributed by atoms with Crippen LogP contribution in [0.3, 0.4) is 0 Å². The van der Waals surface area contributed by atoms with Crippen LogP contribution in [0, 0.1) is 27.7 Å². The molecule has 0 atom stereocenters. The minimum atomic E-state index is -0.150. The normalized spacial score (nSPS) is 10.9. The van der Waals surface area contributed by atoms with Crippen LogP contribution >= 0.6 is 0 Å². The number of carbonyl (C=O) groups excluding carboxylic acids is 2. The Morgan fingerprint density at radius 2 is 1.72 bits per heavy atom. The number of anilines is 1. The highest BCUT2D eigenvalue weighted by atomic mass is 16.2. The molecule has 158 valence electrons. The average Bonchev–Trinajstić information content (AvgIpc) is 2.96. The molecule has 2 aromatic rings. The molecule has 29 heavy (non-hydrogen) atoms. The van der Waals surface area contributed by atoms with Gasteiger partial charge in [0.1, 0.15) is 0 Å². The molecule has 1 amide bonds. The Morgan fingerprint density at radius 1 is 1.00 bits per heavy atom. The van der Waals surface area contributed by atoms with Gasteiger partial charge in [-0.2, -0.15) is 5.10 Å². The van der Waals surface area contributed by atoms with Crippen LogP contribution in [0.15, 0.2) is 18.2 Å². The molecule has 1 N–H and O–H groups in total. The molecular formula is C24H35N3O2. The fourth-order valence-electron chi connectivity index (χ4n) is 3.68. The van der Waals surface area contributed by atoms with Crippen molar-refractivity contribution in [3.63, 3.8) is 0 Å². The third-order valence-electron chi connectivity index (χ3n) is 5.43. The van der Waals surface area contributed by atoms with Crippen LogP contribution < -0.4 is 5.32 Å². The second-order valence-electron chi connectivity index (χ2n) is 7.99. The average molecular weight is 398 g/mol. The summed E-state index contributed by atoms with van der Waals surface area (Å²) in [7, 11) is 0. The lowest BCUT2D eigenvalue weighted by Gasteiger charge is -2.09. The number of amides is 1. The van der Waals surface area contributed by atoms with E-state index in [-0.39, 0.29) is 24.7 Å². The zero-order valence-electron chi connectivity index (χ0n) is 18.6. The summed E-state index contributed by atoms with van der Waals surface area (Å²) in [5.74, 6) is -0.276. The summed E-state index contributed by atoms with van der Waals surface area (Å²) in [6.07, 6.45) is 7.37. The molecule has 5 nitrogen and oxygen atoms in total. The molecule has 0 aliphatic rings. The molecule has 5 heteroatoms. The molecule has 0 bridgehead atoms. The monoisotopic (exact) mass is 397 g/mol. The molecule has 1 aromatic heterocycles. The van der Waals surface area contributed by atoms with Crippen LogP contribution in [0.2, 0.25) is 0 Å². The zero-order chi connectivity index (χ0) is 21.4. The third kappa shape index (κ3) is 6.55. The van der Waals surface area contributed by atoms with Crippen LogP contribution in [-0.4, -0.2) is 21.6 Å². The molecule has 2 rings (SSSR count). The molecule has 0 aliphatic carbocycles. The van der Waals surface area contributed by atoms with E-state index in [0.717, 1.165) is 41.0 Å². The molecular weight excluding hydrogens is 362 g/mol. The van der Waals surface area contributed by atoms with E-state index < -0.39 is 0 Å². The van der Waals surface area contributed by atoms with Gasteiger partial charge < -0.3 is 5.32 Å². The largest absolute Gasteiger partial charge is 0.326 e. The van der Waals surface area contributed by atoms with E-state index in [2.05, 4.69) is 17.3 Å². The Labute approximate surface area is 174 Å². The van der Waals surface area contributed by atoms with Gasteiger partial charge in [0.15, 0.2) is 0 Å². The number of rotatable bonds is 10. The van der Waals surface area contributed by atoms with Crippen LogP contribution in [0.1, 0.15) is 84.7 Å². The minimum Gasteiger partial charge on any atom is -0.326 e. The molecule has 0 aliphatic heterocycles. The van der Waals surface area contributed by atoms with Crippen molar-refractivity contribution in [2.24, 2.45) is 0 Å². The fourth-order valence-corrected chi connectivity index (χ4v) is 3.68. The van der Waals surface area contributed by atoms with Gasteiger partial charge in [0.05, 0.1) is 5.69 Å². The number of carbonyl (C=O) groups is 2. The topological polar surface area (TPSA) is 64.0 Å². The first-order chi connectivity index (χ1) is 13.8. The molecule has 1 heterocycles. The highest BCUT2D eigenvalue weighted by Gasteiger charge is 2.17. The maximum absolute atomic E-state index is 12.6. The first-order valence-electron chi connectivity index (χ1n) is 10.8. The first kappa shape index (κ1) is 22.9. The number of aromatic nitrogens is 2. The predicted molar refractivity (Wildman–Crippen MR) is 119 cm³/mol. The Hall–Kier alpha value is -2.43. The van der Waals surface area contributed by atoms with E-state index in [1.54, 1.807) is 0 Å². The van der Waals surface area contributed by atoms with Gasteiger partial charge in [-0.15, -0.1) is 0 Å². The smallest absolute Gasteiger partial charge is 0.247 e. The van der Waals surface area contributed by atoms with Gasteiger partial charge in [0, 0.05) is 24.2 Å². The lowest BCUT2D eigenvalue weighted by atomic mass is 10.0. The number of unbranched alkanes of at least 4 members (excludes halogenated alkanes) is 4. The summed E-state index contributed by atoms with van der Waals surface area (Å²) in [6.45, 7) is 10.1. The number of hydrogen-bond acceptors (Lipinski definition) is 3. The Kier molecular flexibility index (Phi) is 8.62. The molecule has 0 fully saturated rings. The quantitative estimate of drug-likeness (QED) is 0.524. The number of aryl methyl sites for hydroxylation is 3. The summed E-state index contributed by atoms with van der Waals surface area (Å²) in [5, 5.41) is 7.35. The highest BCUT2D eigenvalue weighted by Crippen LogP contribution is 2.19. The van der Waals surface area contributed by atoms with Crippen LogP contribution in [0.25, 0.3) is 0 Å². The summed E-state index contributed by atoms with van der Waals surface area (Å²) >= 11 is 0. The first-order valence-corrected chi connectivity index (χ1v) is 10.8. The van der Waals surface area contributed by atoms with Gasteiger partial charge in [-0.25, -0.2) is 4.68 Å². The zero-order valence-corrected chi connectivity index (χ0v) is 18.6. The van der Waals surface area contributed by atoms with Crippen LogP contribution in [0.4, 0.5) is 5.69 Å². The summed E-state index contributed by atoms with van der Waals surface area (Å²) < 4.78 is 1.49. The molecule has 0 radical (unpaired) electrons. The van der Waals surface area contributed by atoms with Crippen molar-refractivity contribution >= 4 is 17.5 Å². The number of nitrogens with zero attached hydrogens (tertiary/aromatic N) is 2. The van der Waals surface area contributed by atoms with Crippen molar-refractivity contribution in [3.8, 4) is 0 Å². The van der Waals surface area contributed by atoms with Crippen molar-refractivity contribution in [1.82, 2.24) is 9.78 Å². The van der Waals surface area contributed by atoms with Gasteiger partial charge in [0.25, 0.3) is 0 Å². The van der Waals surface area contributed by atoms with E-state index >= 15 is 0 Å². The maximum Gasteiger partial charge on any atom is 0.247 e. The SMILES string of the molecule is CCCCCCCc1c(C)nn(C(=O)CCC(=O)Nc2ccc(C)cc2C)c1C. The fraction of sp³-hybridized carbons (Fsp3) is 0.542. The highest BCUT2D eigenvalue weighted by molar-refractivity contribution is 5.94. The standard InChI is InChI=1S/C24H35N3O2/c1-6-7-8-9-10-11-21-19(4)26-27(20(21)5)24(29)15-14-23(28)25-22-13-12-17(2)16-18(22)3/h12-13,16H,6-11,14-15H2,1-5H3,(H,25,28). The Bertz CT molecular complexity index is 852. The Balaban J connectivity index is 1.90. The summed E-state index contributed by atoms with van der Waals surface area (Å²) in [5.41, 5.74) is 5.98. The van der Waals surface area contributed by atoms with Gasteiger partial charge >= 0.3 is 0 Å². The second kappa shape index (κ2) is 10.9. The van der Waals surface area contributed by atoms with Gasteiger partial charge in [-0.1, -0.05) is 50.3 Å². The maximum atomic E-state index is 12.6. The van der Waals surface area contributed by atoms with Gasteiger partial charge in [0.2, 0.25) is 11.8 Å². The number of nitrogens with one attached hydrogen (secondary N) is 1. The molecule has 1 aromatic carbocycles. The number of benzene rings is 1. The third-order valence-corrected chi connectivity index (χ3v) is 5.43. The van der Waals surface area contributed by atoms with Crippen molar-refractivity contribution in [1.29, 1.82) is 0 Å². The van der Waals surface area contributed by atoms with Crippen molar-refractivity contribution < 1.29 is 9.59 Å². The Morgan fingerprint density at radius 3 is 2.41 bits per heavy atom. The van der Waals surface area contributed by atoms with Gasteiger partial charge in [-0.05, 0) is 57.7 Å². The van der Waals surface area contributed by atoms with Gasteiger partial charge in [-0.3, -0.25) is 9.59 Å². The van der Waals surface area contributed by atoms with Crippen LogP contribution in [0.5, 0.6) is 0 Å². The predicted octanol–water partition coefficient (Wildman–Crippen LogP) is 5.69. The summed E-state index contributed by atoms with van der Waals surface area (Å²) in [6, 6.07) is 5.89. The molecule has 0 spiro atoms. The lowest BCUT2D eigenvalue weighted by molar-refractivity contribution is -0.116. The summed E-state index contributed by atoms with van der Waals surface area (Å²) in [4.78, 5) is 24.9. The van der Waals surface area contributed by atoms with E-state index in [1.807, 2.05) is 45.9 Å². The lowest BCUT2D eigenvalue weighted by Crippen LogP contribution is -2.19. The van der Waals surface area contributed by atoms with Crippen molar-refractivity contribution in [2.45, 2.75) is 86.0 Å². The van der Waals surface area contributed by atoms with E-state index in [9.17, 15) is 9.59 Å². The van der Waals surface area contributed by atoms with Crippen molar-refractivity contribution in [2.75, 3.05) is 5.32 Å².